The molecule has 1 unspecified atom stereocenters. The minimum absolute atomic E-state index is 0.0211. The summed E-state index contributed by atoms with van der Waals surface area (Å²) in [6.07, 6.45) is 0.737. The van der Waals surface area contributed by atoms with Crippen LogP contribution in [0, 0.1) is 5.82 Å². The van der Waals surface area contributed by atoms with E-state index in [0.717, 1.165) is 17.7 Å². The fourth-order valence-corrected chi connectivity index (χ4v) is 3.15. The zero-order chi connectivity index (χ0) is 17.1. The van der Waals surface area contributed by atoms with Crippen molar-refractivity contribution in [3.05, 3.63) is 65.5 Å². The molecule has 2 atom stereocenters. The number of amides is 1. The molecule has 1 aliphatic rings. The Bertz CT molecular complexity index is 732. The smallest absolute Gasteiger partial charge is 0.238 e. The van der Waals surface area contributed by atoms with E-state index in [1.807, 2.05) is 42.2 Å². The molecule has 4 nitrogen and oxygen atoms in total. The van der Waals surface area contributed by atoms with Gasteiger partial charge < -0.3 is 11.1 Å². The first-order valence-corrected chi connectivity index (χ1v) is 8.19. The highest BCUT2D eigenvalue weighted by Gasteiger charge is 2.31. The summed E-state index contributed by atoms with van der Waals surface area (Å²) in [5, 5.41) is 2.92. The standard InChI is InChI=1S/C19H22FN3O/c1-13(21)10-11-23-12-18(24)22-17-9-5-3-7-15(17)19(23)14-6-2-4-8-16(14)20/h2-9,13,19H,10-12,21H2,1H3,(H,22,24)/t13-,19?/m1/s1. The third-order valence-corrected chi connectivity index (χ3v) is 4.31. The van der Waals surface area contributed by atoms with Gasteiger partial charge in [-0.25, -0.2) is 4.39 Å². The monoisotopic (exact) mass is 327 g/mol. The van der Waals surface area contributed by atoms with Crippen LogP contribution in [0.3, 0.4) is 0 Å². The normalized spacial score (nSPS) is 19.3. The van der Waals surface area contributed by atoms with E-state index in [0.29, 0.717) is 12.1 Å². The molecule has 0 saturated heterocycles. The summed E-state index contributed by atoms with van der Waals surface area (Å²) in [6.45, 7) is 2.77. The average Bonchev–Trinajstić information content (AvgIpc) is 2.69. The molecule has 3 N–H and O–H groups in total. The lowest BCUT2D eigenvalue weighted by Crippen LogP contribution is -2.37. The predicted molar refractivity (Wildman–Crippen MR) is 93.2 cm³/mol. The predicted octanol–water partition coefficient (Wildman–Crippen LogP) is 2.91. The lowest BCUT2D eigenvalue weighted by Gasteiger charge is -2.31. The Kier molecular flexibility index (Phi) is 4.92. The molecule has 1 amide bonds. The van der Waals surface area contributed by atoms with E-state index in [1.54, 1.807) is 12.1 Å². The van der Waals surface area contributed by atoms with Gasteiger partial charge in [-0.1, -0.05) is 36.4 Å². The van der Waals surface area contributed by atoms with Gasteiger partial charge in [-0.3, -0.25) is 9.69 Å². The second kappa shape index (κ2) is 7.11. The number of hydrogen-bond donors (Lipinski definition) is 2. The summed E-state index contributed by atoms with van der Waals surface area (Å²) in [4.78, 5) is 14.3. The number of para-hydroxylation sites is 1. The molecule has 2 aromatic rings. The Balaban J connectivity index is 2.09. The van der Waals surface area contributed by atoms with Gasteiger partial charge in [0.05, 0.1) is 12.6 Å². The van der Waals surface area contributed by atoms with Gasteiger partial charge in [0, 0.05) is 23.8 Å². The van der Waals surface area contributed by atoms with Crippen molar-refractivity contribution in [2.24, 2.45) is 5.73 Å². The fraction of sp³-hybridized carbons (Fsp3) is 0.316. The van der Waals surface area contributed by atoms with Gasteiger partial charge in [0.15, 0.2) is 0 Å². The maximum Gasteiger partial charge on any atom is 0.238 e. The van der Waals surface area contributed by atoms with Crippen LogP contribution in [0.2, 0.25) is 0 Å². The molecule has 126 valence electrons. The van der Waals surface area contributed by atoms with Crippen LogP contribution in [0.4, 0.5) is 10.1 Å². The Labute approximate surface area is 141 Å². The highest BCUT2D eigenvalue weighted by atomic mass is 19.1. The van der Waals surface area contributed by atoms with Gasteiger partial charge in [-0.2, -0.15) is 0 Å². The van der Waals surface area contributed by atoms with Gasteiger partial charge in [-0.05, 0) is 31.0 Å². The maximum absolute atomic E-state index is 14.5. The number of nitrogens with two attached hydrogens (primary N) is 1. The number of carbonyl (C=O) groups excluding carboxylic acids is 1. The van der Waals surface area contributed by atoms with Crippen molar-refractivity contribution in [1.29, 1.82) is 0 Å². The first kappa shape index (κ1) is 16.6. The minimum Gasteiger partial charge on any atom is -0.328 e. The van der Waals surface area contributed by atoms with Crippen LogP contribution in [-0.4, -0.2) is 29.9 Å². The number of halogens is 1. The minimum atomic E-state index is -0.319. The van der Waals surface area contributed by atoms with E-state index in [1.165, 1.54) is 6.07 Å². The summed E-state index contributed by atoms with van der Waals surface area (Å²) in [5.74, 6) is -0.358. The summed E-state index contributed by atoms with van der Waals surface area (Å²) in [6, 6.07) is 14.0. The Morgan fingerprint density at radius 1 is 1.21 bits per heavy atom. The zero-order valence-electron chi connectivity index (χ0n) is 13.7. The summed E-state index contributed by atoms with van der Waals surface area (Å²) < 4.78 is 14.5. The zero-order valence-corrected chi connectivity index (χ0v) is 13.7. The van der Waals surface area contributed by atoms with Crippen LogP contribution in [0.25, 0.3) is 0 Å². The van der Waals surface area contributed by atoms with E-state index in [2.05, 4.69) is 5.32 Å². The highest BCUT2D eigenvalue weighted by Crippen LogP contribution is 2.36. The largest absolute Gasteiger partial charge is 0.328 e. The van der Waals surface area contributed by atoms with Crippen molar-refractivity contribution in [2.75, 3.05) is 18.4 Å². The van der Waals surface area contributed by atoms with Crippen molar-refractivity contribution in [1.82, 2.24) is 4.90 Å². The Hall–Kier alpha value is -2.24. The number of anilines is 1. The molecule has 1 aliphatic heterocycles. The molecular formula is C19H22FN3O. The molecule has 0 aromatic heterocycles. The molecule has 0 spiro atoms. The topological polar surface area (TPSA) is 58.4 Å². The second-order valence-corrected chi connectivity index (χ2v) is 6.30. The number of nitrogens with zero attached hydrogens (tertiary/aromatic N) is 1. The first-order chi connectivity index (χ1) is 11.6. The van der Waals surface area contributed by atoms with Crippen LogP contribution in [-0.2, 0) is 4.79 Å². The van der Waals surface area contributed by atoms with E-state index in [4.69, 9.17) is 5.73 Å². The average molecular weight is 327 g/mol. The van der Waals surface area contributed by atoms with Gasteiger partial charge in [0.1, 0.15) is 5.82 Å². The molecule has 1 heterocycles. The van der Waals surface area contributed by atoms with Crippen LogP contribution >= 0.6 is 0 Å². The number of fused-ring (bicyclic) bond motifs is 1. The number of hydrogen-bond acceptors (Lipinski definition) is 3. The van der Waals surface area contributed by atoms with Crippen molar-refractivity contribution < 1.29 is 9.18 Å². The van der Waals surface area contributed by atoms with Crippen molar-refractivity contribution in [3.63, 3.8) is 0 Å². The van der Waals surface area contributed by atoms with Gasteiger partial charge in [-0.15, -0.1) is 0 Å². The molecule has 0 radical (unpaired) electrons. The molecule has 2 aromatic carbocycles. The Morgan fingerprint density at radius 2 is 1.88 bits per heavy atom. The van der Waals surface area contributed by atoms with E-state index in [-0.39, 0.29) is 30.4 Å². The highest BCUT2D eigenvalue weighted by molar-refractivity contribution is 5.94. The number of benzene rings is 2. The van der Waals surface area contributed by atoms with Crippen LogP contribution in [0.5, 0.6) is 0 Å². The molecule has 0 fully saturated rings. The number of rotatable bonds is 4. The molecule has 3 rings (SSSR count). The van der Waals surface area contributed by atoms with Crippen molar-refractivity contribution >= 4 is 11.6 Å². The molecule has 0 bridgehead atoms. The summed E-state index contributed by atoms with van der Waals surface area (Å²) in [5.41, 5.74) is 8.10. The quantitative estimate of drug-likeness (QED) is 0.908. The molecule has 5 heteroatoms. The van der Waals surface area contributed by atoms with Crippen LogP contribution < -0.4 is 11.1 Å². The van der Waals surface area contributed by atoms with Gasteiger partial charge in [0.25, 0.3) is 0 Å². The maximum atomic E-state index is 14.5. The van der Waals surface area contributed by atoms with Crippen molar-refractivity contribution in [3.8, 4) is 0 Å². The molecule has 24 heavy (non-hydrogen) atoms. The van der Waals surface area contributed by atoms with Crippen molar-refractivity contribution in [2.45, 2.75) is 25.4 Å². The summed E-state index contributed by atoms with van der Waals surface area (Å²) >= 11 is 0. The Morgan fingerprint density at radius 3 is 2.58 bits per heavy atom. The molecule has 0 saturated carbocycles. The lowest BCUT2D eigenvalue weighted by atomic mass is 9.95. The molecular weight excluding hydrogens is 305 g/mol. The van der Waals surface area contributed by atoms with Crippen LogP contribution in [0.15, 0.2) is 48.5 Å². The van der Waals surface area contributed by atoms with E-state index < -0.39 is 0 Å². The molecule has 0 aliphatic carbocycles. The van der Waals surface area contributed by atoms with E-state index >= 15 is 0 Å². The van der Waals surface area contributed by atoms with Gasteiger partial charge in [0.2, 0.25) is 5.91 Å². The first-order valence-electron chi connectivity index (χ1n) is 8.19. The SMILES string of the molecule is C[C@@H](N)CCN1CC(=O)Nc2ccccc2C1c1ccccc1F. The second-order valence-electron chi connectivity index (χ2n) is 6.30. The fourth-order valence-electron chi connectivity index (χ4n) is 3.15. The number of carbonyl (C=O) groups is 1. The van der Waals surface area contributed by atoms with Crippen LogP contribution in [0.1, 0.15) is 30.5 Å². The number of nitrogens with one attached hydrogen (secondary N) is 1. The third-order valence-electron chi connectivity index (χ3n) is 4.31. The third kappa shape index (κ3) is 3.47. The van der Waals surface area contributed by atoms with E-state index in [9.17, 15) is 9.18 Å². The van der Waals surface area contributed by atoms with Gasteiger partial charge >= 0.3 is 0 Å². The lowest BCUT2D eigenvalue weighted by molar-refractivity contribution is -0.117. The summed E-state index contributed by atoms with van der Waals surface area (Å²) in [7, 11) is 0.